The predicted octanol–water partition coefficient (Wildman–Crippen LogP) is 2.17. The molecule has 6 heteroatoms. The summed E-state index contributed by atoms with van der Waals surface area (Å²) in [6.45, 7) is 0.436. The molecule has 1 saturated heterocycles. The van der Waals surface area contributed by atoms with Crippen LogP contribution in [-0.2, 0) is 33.7 Å². The molecule has 130 valence electrons. The van der Waals surface area contributed by atoms with Crippen LogP contribution in [-0.4, -0.2) is 27.7 Å². The van der Waals surface area contributed by atoms with E-state index in [1.54, 1.807) is 0 Å². The lowest BCUT2D eigenvalue weighted by atomic mass is 9.85. The number of carbonyl (C=O) groups excluding carboxylic acids is 2. The van der Waals surface area contributed by atoms with Gasteiger partial charge in [-0.05, 0) is 56.9 Å². The predicted molar refractivity (Wildman–Crippen MR) is 87.1 cm³/mol. The minimum atomic E-state index is -0.538. The van der Waals surface area contributed by atoms with Gasteiger partial charge in [0.25, 0.3) is 0 Å². The number of aromatic amines is 1. The zero-order valence-corrected chi connectivity index (χ0v) is 14.0. The summed E-state index contributed by atoms with van der Waals surface area (Å²) in [6, 6.07) is 0. The van der Waals surface area contributed by atoms with Crippen LogP contribution < -0.4 is 5.32 Å². The summed E-state index contributed by atoms with van der Waals surface area (Å²) in [5.41, 5.74) is 2.92. The van der Waals surface area contributed by atoms with Gasteiger partial charge in [-0.25, -0.2) is 0 Å². The fraction of sp³-hybridized carbons (Fsp3) is 0.722. The third-order valence-corrected chi connectivity index (χ3v) is 5.91. The van der Waals surface area contributed by atoms with Gasteiger partial charge < -0.3 is 10.1 Å². The number of amides is 1. The molecule has 1 saturated carbocycles. The number of fused-ring (bicyclic) bond motifs is 1. The number of carbonyl (C=O) groups is 2. The second kappa shape index (κ2) is 6.22. The first-order valence-electron chi connectivity index (χ1n) is 9.22. The standard InChI is InChI=1S/C18H25N3O3/c22-16-10-13(18(24-16)8-4-5-9-18)17(23)19-11-15-12-6-2-1-3-7-14(12)20-21-15/h13H,1-11H2,(H,19,23)(H,20,21). The van der Waals surface area contributed by atoms with Gasteiger partial charge in [0.1, 0.15) is 5.60 Å². The van der Waals surface area contributed by atoms with E-state index in [1.165, 1.54) is 30.5 Å². The Morgan fingerprint density at radius 3 is 2.83 bits per heavy atom. The Balaban J connectivity index is 1.43. The molecule has 0 bridgehead atoms. The number of esters is 1. The monoisotopic (exact) mass is 331 g/mol. The normalized spacial score (nSPS) is 25.3. The van der Waals surface area contributed by atoms with Crippen molar-refractivity contribution in [3.8, 4) is 0 Å². The van der Waals surface area contributed by atoms with Crippen molar-refractivity contribution in [1.82, 2.24) is 15.5 Å². The number of nitrogens with one attached hydrogen (secondary N) is 2. The minimum absolute atomic E-state index is 0.0619. The molecule has 24 heavy (non-hydrogen) atoms. The van der Waals surface area contributed by atoms with Crippen LogP contribution in [0.3, 0.4) is 0 Å². The number of nitrogens with zero attached hydrogens (tertiary/aromatic N) is 1. The summed E-state index contributed by atoms with van der Waals surface area (Å²) in [5.74, 6) is -0.635. The second-order valence-corrected chi connectivity index (χ2v) is 7.41. The highest BCUT2D eigenvalue weighted by Crippen LogP contribution is 2.45. The van der Waals surface area contributed by atoms with Gasteiger partial charge in [0.2, 0.25) is 5.91 Å². The molecule has 6 nitrogen and oxygen atoms in total. The van der Waals surface area contributed by atoms with E-state index in [9.17, 15) is 9.59 Å². The first kappa shape index (κ1) is 15.7. The average Bonchev–Trinajstić information content (AvgIpc) is 3.22. The van der Waals surface area contributed by atoms with Crippen LogP contribution in [0.15, 0.2) is 0 Å². The van der Waals surface area contributed by atoms with Gasteiger partial charge >= 0.3 is 5.97 Å². The zero-order valence-electron chi connectivity index (χ0n) is 14.0. The molecule has 2 fully saturated rings. The van der Waals surface area contributed by atoms with E-state index in [0.29, 0.717) is 6.54 Å². The molecule has 0 radical (unpaired) electrons. The summed E-state index contributed by atoms with van der Waals surface area (Å²) < 4.78 is 5.57. The fourth-order valence-corrected chi connectivity index (χ4v) is 4.61. The van der Waals surface area contributed by atoms with Crippen molar-refractivity contribution in [2.75, 3.05) is 0 Å². The topological polar surface area (TPSA) is 84.1 Å². The first-order chi connectivity index (χ1) is 11.7. The van der Waals surface area contributed by atoms with Crippen LogP contribution in [0.25, 0.3) is 0 Å². The smallest absolute Gasteiger partial charge is 0.307 e. The maximum atomic E-state index is 12.7. The van der Waals surface area contributed by atoms with Crippen molar-refractivity contribution in [1.29, 1.82) is 0 Å². The summed E-state index contributed by atoms with van der Waals surface area (Å²) in [5, 5.41) is 10.6. The van der Waals surface area contributed by atoms with Crippen LogP contribution in [0.4, 0.5) is 0 Å². The molecule has 2 N–H and O–H groups in total. The Hall–Kier alpha value is -1.85. The molecule has 4 rings (SSSR count). The van der Waals surface area contributed by atoms with Gasteiger partial charge in [-0.3, -0.25) is 14.7 Å². The maximum absolute atomic E-state index is 12.7. The largest absolute Gasteiger partial charge is 0.458 e. The number of rotatable bonds is 3. The number of ether oxygens (including phenoxy) is 1. The van der Waals surface area contributed by atoms with E-state index in [2.05, 4.69) is 15.5 Å². The molecule has 2 heterocycles. The molecule has 1 aromatic heterocycles. The number of H-pyrrole nitrogens is 1. The number of aromatic nitrogens is 2. The van der Waals surface area contributed by atoms with E-state index >= 15 is 0 Å². The van der Waals surface area contributed by atoms with Crippen LogP contribution in [0.2, 0.25) is 0 Å². The summed E-state index contributed by atoms with van der Waals surface area (Å²) in [4.78, 5) is 24.5. The molecule has 2 aliphatic carbocycles. The highest BCUT2D eigenvalue weighted by Gasteiger charge is 2.53. The van der Waals surface area contributed by atoms with Crippen molar-refractivity contribution < 1.29 is 14.3 Å². The molecule has 1 atom stereocenters. The van der Waals surface area contributed by atoms with Crippen molar-refractivity contribution in [2.24, 2.45) is 5.92 Å². The van der Waals surface area contributed by atoms with E-state index in [0.717, 1.165) is 44.2 Å². The molecule has 1 aliphatic heterocycles. The van der Waals surface area contributed by atoms with E-state index in [4.69, 9.17) is 4.74 Å². The third kappa shape index (κ3) is 2.72. The highest BCUT2D eigenvalue weighted by molar-refractivity contribution is 5.87. The average molecular weight is 331 g/mol. The number of hydrogen-bond donors (Lipinski definition) is 2. The van der Waals surface area contributed by atoms with Gasteiger partial charge in [0, 0.05) is 5.69 Å². The zero-order chi connectivity index (χ0) is 16.6. The number of hydrogen-bond acceptors (Lipinski definition) is 4. The van der Waals surface area contributed by atoms with Gasteiger partial charge in [-0.1, -0.05) is 6.42 Å². The Labute approximate surface area is 141 Å². The van der Waals surface area contributed by atoms with Crippen molar-refractivity contribution in [3.05, 3.63) is 17.0 Å². The molecule has 3 aliphatic rings. The van der Waals surface area contributed by atoms with Gasteiger partial charge in [-0.15, -0.1) is 0 Å². The summed E-state index contributed by atoms with van der Waals surface area (Å²) in [7, 11) is 0. The van der Waals surface area contributed by atoms with Crippen LogP contribution >= 0.6 is 0 Å². The fourth-order valence-electron chi connectivity index (χ4n) is 4.61. The molecule has 1 amide bonds. The molecule has 0 aromatic carbocycles. The Bertz CT molecular complexity index is 646. The van der Waals surface area contributed by atoms with Crippen molar-refractivity contribution >= 4 is 11.9 Å². The molecule has 1 aromatic rings. The van der Waals surface area contributed by atoms with Crippen molar-refractivity contribution in [3.63, 3.8) is 0 Å². The third-order valence-electron chi connectivity index (χ3n) is 5.91. The maximum Gasteiger partial charge on any atom is 0.307 e. The van der Waals surface area contributed by atoms with Crippen LogP contribution in [0.1, 0.15) is 68.3 Å². The molecule has 1 spiro atoms. The molecule has 1 unspecified atom stereocenters. The Morgan fingerprint density at radius 2 is 2.00 bits per heavy atom. The lowest BCUT2D eigenvalue weighted by Crippen LogP contribution is -2.42. The van der Waals surface area contributed by atoms with Gasteiger partial charge in [0.05, 0.1) is 24.6 Å². The quantitative estimate of drug-likeness (QED) is 0.657. The second-order valence-electron chi connectivity index (χ2n) is 7.41. The number of aryl methyl sites for hydroxylation is 1. The Morgan fingerprint density at radius 1 is 1.21 bits per heavy atom. The summed E-state index contributed by atoms with van der Waals surface area (Å²) in [6.07, 6.45) is 9.61. The molecular formula is C18H25N3O3. The lowest BCUT2D eigenvalue weighted by Gasteiger charge is -2.27. The van der Waals surface area contributed by atoms with Crippen LogP contribution in [0, 0.1) is 5.92 Å². The minimum Gasteiger partial charge on any atom is -0.458 e. The Kier molecular flexibility index (Phi) is 4.06. The summed E-state index contributed by atoms with van der Waals surface area (Å²) >= 11 is 0. The van der Waals surface area contributed by atoms with Crippen LogP contribution in [0.5, 0.6) is 0 Å². The van der Waals surface area contributed by atoms with E-state index in [-0.39, 0.29) is 24.2 Å². The molecular weight excluding hydrogens is 306 g/mol. The van der Waals surface area contributed by atoms with Gasteiger partial charge in [0.15, 0.2) is 0 Å². The van der Waals surface area contributed by atoms with Crippen molar-refractivity contribution in [2.45, 2.75) is 76.4 Å². The highest BCUT2D eigenvalue weighted by atomic mass is 16.6. The SMILES string of the molecule is O=C1CC(C(=O)NCc2n[nH]c3c2CCCCC3)C2(CCCC2)O1. The lowest BCUT2D eigenvalue weighted by molar-refractivity contribution is -0.149. The van der Waals surface area contributed by atoms with E-state index < -0.39 is 5.60 Å². The van der Waals surface area contributed by atoms with Gasteiger partial charge in [-0.2, -0.15) is 5.10 Å². The van der Waals surface area contributed by atoms with E-state index in [1.807, 2.05) is 0 Å². The first-order valence-corrected chi connectivity index (χ1v) is 9.22.